The smallest absolute Gasteiger partial charge is 0.252 e. The first-order valence-corrected chi connectivity index (χ1v) is 6.20. The van der Waals surface area contributed by atoms with Crippen molar-refractivity contribution in [3.63, 3.8) is 0 Å². The van der Waals surface area contributed by atoms with Crippen molar-refractivity contribution < 1.29 is 13.2 Å². The lowest BCUT2D eigenvalue weighted by Gasteiger charge is -2.07. The molecule has 0 aromatic rings. The molecular weight excluding hydrogens is 204 g/mol. The third-order valence-corrected chi connectivity index (χ3v) is 3.73. The van der Waals surface area contributed by atoms with Crippen LogP contribution in [0.3, 0.4) is 0 Å². The summed E-state index contributed by atoms with van der Waals surface area (Å²) >= 11 is 0. The van der Waals surface area contributed by atoms with Gasteiger partial charge in [-0.1, -0.05) is 0 Å². The first-order valence-electron chi connectivity index (χ1n) is 4.24. The van der Waals surface area contributed by atoms with E-state index < -0.39 is 20.6 Å². The lowest BCUT2D eigenvalue weighted by Crippen LogP contribution is -2.39. The highest BCUT2D eigenvalue weighted by molar-refractivity contribution is 7.92. The van der Waals surface area contributed by atoms with Gasteiger partial charge in [0.05, 0.1) is 0 Å². The first-order chi connectivity index (χ1) is 6.14. The van der Waals surface area contributed by atoms with Gasteiger partial charge in [0.25, 0.3) is 5.91 Å². The largest absolute Gasteiger partial charge is 0.311 e. The monoisotopic (exact) mass is 218 g/mol. The van der Waals surface area contributed by atoms with Crippen LogP contribution in [-0.2, 0) is 14.6 Å². The molecule has 1 N–H and O–H groups in total. The quantitative estimate of drug-likeness (QED) is 0.693. The molecule has 80 valence electrons. The molecule has 1 unspecified atom stereocenters. The number of amidine groups is 1. The van der Waals surface area contributed by atoms with E-state index in [1.807, 2.05) is 0 Å². The zero-order chi connectivity index (χ0) is 11.1. The molecule has 1 amide bonds. The number of carbonyl (C=O) groups is 1. The average molecular weight is 218 g/mol. The van der Waals surface area contributed by atoms with Crippen LogP contribution in [0.4, 0.5) is 0 Å². The van der Waals surface area contributed by atoms with Gasteiger partial charge in [0.15, 0.2) is 9.84 Å². The van der Waals surface area contributed by atoms with Crippen LogP contribution in [0, 0.1) is 0 Å². The summed E-state index contributed by atoms with van der Waals surface area (Å²) in [5.41, 5.74) is -0.853. The van der Waals surface area contributed by atoms with E-state index in [1.165, 1.54) is 6.92 Å². The number of carbonyl (C=O) groups excluding carboxylic acids is 1. The van der Waals surface area contributed by atoms with Crippen LogP contribution in [0.15, 0.2) is 4.99 Å². The minimum Gasteiger partial charge on any atom is -0.311 e. The highest BCUT2D eigenvalue weighted by atomic mass is 32.2. The number of nitrogens with zero attached hydrogens (tertiary/aromatic N) is 1. The molecule has 0 saturated heterocycles. The summed E-state index contributed by atoms with van der Waals surface area (Å²) in [7, 11) is -3.21. The topological polar surface area (TPSA) is 75.6 Å². The van der Waals surface area contributed by atoms with Gasteiger partial charge in [-0.15, -0.1) is 0 Å². The van der Waals surface area contributed by atoms with Crippen LogP contribution in [0.1, 0.15) is 20.8 Å². The zero-order valence-corrected chi connectivity index (χ0v) is 9.47. The first kappa shape index (κ1) is 11.2. The molecule has 0 bridgehead atoms. The molecule has 0 spiro atoms. The molecule has 5 nitrogen and oxygen atoms in total. The molecule has 0 fully saturated rings. The number of sulfone groups is 1. The van der Waals surface area contributed by atoms with E-state index in [9.17, 15) is 13.2 Å². The summed E-state index contributed by atoms with van der Waals surface area (Å²) in [6, 6.07) is 0. The maximum absolute atomic E-state index is 11.3. The second-order valence-corrected chi connectivity index (χ2v) is 6.35. The third kappa shape index (κ3) is 1.95. The highest BCUT2D eigenvalue weighted by Crippen LogP contribution is 2.17. The Morgan fingerprint density at radius 2 is 1.93 bits per heavy atom. The van der Waals surface area contributed by atoms with Crippen LogP contribution in [0.2, 0.25) is 0 Å². The maximum Gasteiger partial charge on any atom is 0.252 e. The van der Waals surface area contributed by atoms with E-state index in [0.29, 0.717) is 0 Å². The van der Waals surface area contributed by atoms with E-state index in [0.717, 1.165) is 6.26 Å². The van der Waals surface area contributed by atoms with Crippen molar-refractivity contribution in [2.45, 2.75) is 31.6 Å². The maximum atomic E-state index is 11.3. The van der Waals surface area contributed by atoms with Crippen molar-refractivity contribution in [2.24, 2.45) is 4.99 Å². The minimum atomic E-state index is -3.21. The Balaban J connectivity index is 3.01. The van der Waals surface area contributed by atoms with Crippen LogP contribution in [0.5, 0.6) is 0 Å². The molecule has 0 aliphatic carbocycles. The predicted molar refractivity (Wildman–Crippen MR) is 54.0 cm³/mol. The fourth-order valence-electron chi connectivity index (χ4n) is 1.04. The van der Waals surface area contributed by atoms with Crippen molar-refractivity contribution in [1.82, 2.24) is 5.32 Å². The standard InChI is InChI=1S/C8H14N2O3S/c1-5(14(4,12)13)6-9-7(11)8(2,3)10-6/h5H,1-4H3,(H,9,10,11). The SMILES string of the molecule is CC(C1=NC(C)(C)C(=O)N1)S(C)(=O)=O. The lowest BCUT2D eigenvalue weighted by molar-refractivity contribution is -0.122. The average Bonchev–Trinajstić information content (AvgIpc) is 2.23. The van der Waals surface area contributed by atoms with Crippen LogP contribution in [-0.4, -0.2) is 37.2 Å². The Bertz CT molecular complexity index is 395. The summed E-state index contributed by atoms with van der Waals surface area (Å²) in [5, 5.41) is 1.73. The highest BCUT2D eigenvalue weighted by Gasteiger charge is 2.37. The number of rotatable bonds is 2. The van der Waals surface area contributed by atoms with Gasteiger partial charge in [0.1, 0.15) is 16.6 Å². The van der Waals surface area contributed by atoms with E-state index >= 15 is 0 Å². The van der Waals surface area contributed by atoms with E-state index in [-0.39, 0.29) is 11.7 Å². The van der Waals surface area contributed by atoms with Crippen molar-refractivity contribution in [1.29, 1.82) is 0 Å². The van der Waals surface area contributed by atoms with Gasteiger partial charge in [-0.05, 0) is 20.8 Å². The Morgan fingerprint density at radius 3 is 2.21 bits per heavy atom. The number of hydrogen-bond acceptors (Lipinski definition) is 4. The second kappa shape index (κ2) is 3.05. The van der Waals surface area contributed by atoms with Crippen molar-refractivity contribution in [3.05, 3.63) is 0 Å². The summed E-state index contributed by atoms with van der Waals surface area (Å²) in [6.07, 6.45) is 1.12. The lowest BCUT2D eigenvalue weighted by atomic mass is 10.1. The molecule has 6 heteroatoms. The number of hydrogen-bond donors (Lipinski definition) is 1. The normalized spacial score (nSPS) is 22.9. The molecule has 1 heterocycles. The molecule has 14 heavy (non-hydrogen) atoms. The third-order valence-electron chi connectivity index (χ3n) is 2.22. The molecule has 1 aliphatic rings. The van der Waals surface area contributed by atoms with Crippen molar-refractivity contribution >= 4 is 21.6 Å². The van der Waals surface area contributed by atoms with E-state index in [2.05, 4.69) is 10.3 Å². The number of aliphatic imine (C=N–C) groups is 1. The number of nitrogens with one attached hydrogen (secondary N) is 1. The van der Waals surface area contributed by atoms with Crippen molar-refractivity contribution in [2.75, 3.05) is 6.26 Å². The van der Waals surface area contributed by atoms with Crippen LogP contribution in [0.25, 0.3) is 0 Å². The second-order valence-electron chi connectivity index (χ2n) is 3.98. The molecule has 0 saturated carbocycles. The van der Waals surface area contributed by atoms with Gasteiger partial charge in [-0.3, -0.25) is 9.79 Å². The molecule has 0 aromatic heterocycles. The summed E-state index contributed by atoms with van der Waals surface area (Å²) in [4.78, 5) is 15.4. The molecule has 1 rings (SSSR count). The Labute approximate surface area is 83.5 Å². The van der Waals surface area contributed by atoms with Gasteiger partial charge in [-0.25, -0.2) is 8.42 Å². The fraction of sp³-hybridized carbons (Fsp3) is 0.750. The Hall–Kier alpha value is -0.910. The van der Waals surface area contributed by atoms with E-state index in [1.54, 1.807) is 13.8 Å². The molecule has 0 aromatic carbocycles. The minimum absolute atomic E-state index is 0.238. The summed E-state index contributed by atoms with van der Waals surface area (Å²) in [6.45, 7) is 4.80. The van der Waals surface area contributed by atoms with Gasteiger partial charge < -0.3 is 5.32 Å². The molecule has 1 aliphatic heterocycles. The van der Waals surface area contributed by atoms with Crippen LogP contribution < -0.4 is 5.32 Å². The summed E-state index contributed by atoms with van der Waals surface area (Å²) < 4.78 is 22.4. The Kier molecular flexibility index (Phi) is 2.43. The number of amides is 1. The molecular formula is C8H14N2O3S. The fourth-order valence-corrected chi connectivity index (χ4v) is 1.56. The predicted octanol–water partition coefficient (Wildman–Crippen LogP) is -0.274. The molecule has 1 atom stereocenters. The van der Waals surface area contributed by atoms with E-state index in [4.69, 9.17) is 0 Å². The molecule has 0 radical (unpaired) electrons. The van der Waals surface area contributed by atoms with Gasteiger partial charge >= 0.3 is 0 Å². The van der Waals surface area contributed by atoms with Crippen LogP contribution >= 0.6 is 0 Å². The van der Waals surface area contributed by atoms with Gasteiger partial charge in [0, 0.05) is 6.26 Å². The summed E-state index contributed by atoms with van der Waals surface area (Å²) in [5.74, 6) is -0.0227. The van der Waals surface area contributed by atoms with Crippen molar-refractivity contribution in [3.8, 4) is 0 Å². The van der Waals surface area contributed by atoms with Gasteiger partial charge in [-0.2, -0.15) is 0 Å². The Morgan fingerprint density at radius 1 is 1.43 bits per heavy atom. The zero-order valence-electron chi connectivity index (χ0n) is 8.66. The van der Waals surface area contributed by atoms with Gasteiger partial charge in [0.2, 0.25) is 0 Å².